The molecule has 0 aliphatic carbocycles. The Balaban J connectivity index is 1.89. The number of benzene rings is 1. The van der Waals surface area contributed by atoms with Crippen molar-refractivity contribution < 1.29 is 14.3 Å². The standard InChI is InChI=1S/C19H27N3O3/c1-22(13-15-8-12-25-14-15)19(16-5-3-2-4-6-16)9-7-17(23)21-18(24)20-11-10-19/h2-6,15H,7-14H2,1H3,(H2,20,21,23,24)/t15?,19-/m0/s1. The van der Waals surface area contributed by atoms with Crippen molar-refractivity contribution in [1.82, 2.24) is 15.5 Å². The summed E-state index contributed by atoms with van der Waals surface area (Å²) < 4.78 is 5.53. The number of nitrogens with zero attached hydrogens (tertiary/aromatic N) is 1. The topological polar surface area (TPSA) is 70.7 Å². The van der Waals surface area contributed by atoms with Crippen LogP contribution in [0.5, 0.6) is 0 Å². The molecule has 3 rings (SSSR count). The summed E-state index contributed by atoms with van der Waals surface area (Å²) in [4.78, 5) is 26.2. The molecule has 25 heavy (non-hydrogen) atoms. The molecule has 136 valence electrons. The van der Waals surface area contributed by atoms with Gasteiger partial charge in [-0.15, -0.1) is 0 Å². The lowest BCUT2D eigenvalue weighted by molar-refractivity contribution is -0.120. The van der Waals surface area contributed by atoms with Crippen LogP contribution in [0.2, 0.25) is 0 Å². The van der Waals surface area contributed by atoms with Crippen molar-refractivity contribution in [2.24, 2.45) is 5.92 Å². The van der Waals surface area contributed by atoms with E-state index < -0.39 is 6.03 Å². The van der Waals surface area contributed by atoms with E-state index in [-0.39, 0.29) is 11.4 Å². The minimum atomic E-state index is -0.402. The molecule has 2 fully saturated rings. The lowest BCUT2D eigenvalue weighted by Crippen LogP contribution is -2.47. The molecule has 0 spiro atoms. The summed E-state index contributed by atoms with van der Waals surface area (Å²) >= 11 is 0. The van der Waals surface area contributed by atoms with Gasteiger partial charge in [-0.1, -0.05) is 30.3 Å². The van der Waals surface area contributed by atoms with Crippen LogP contribution >= 0.6 is 0 Å². The summed E-state index contributed by atoms with van der Waals surface area (Å²) in [6, 6.07) is 9.93. The van der Waals surface area contributed by atoms with Gasteiger partial charge in [0.05, 0.1) is 6.61 Å². The highest BCUT2D eigenvalue weighted by Crippen LogP contribution is 2.37. The Hall–Kier alpha value is -1.92. The van der Waals surface area contributed by atoms with E-state index in [0.29, 0.717) is 25.3 Å². The fourth-order valence-corrected chi connectivity index (χ4v) is 3.99. The van der Waals surface area contributed by atoms with Gasteiger partial charge in [0.15, 0.2) is 0 Å². The van der Waals surface area contributed by atoms with Crippen molar-refractivity contribution >= 4 is 11.9 Å². The third-order valence-corrected chi connectivity index (χ3v) is 5.44. The molecular weight excluding hydrogens is 318 g/mol. The Morgan fingerprint density at radius 2 is 2.04 bits per heavy atom. The lowest BCUT2D eigenvalue weighted by Gasteiger charge is -2.43. The smallest absolute Gasteiger partial charge is 0.321 e. The van der Waals surface area contributed by atoms with Crippen LogP contribution in [0.25, 0.3) is 0 Å². The van der Waals surface area contributed by atoms with Gasteiger partial charge in [-0.2, -0.15) is 0 Å². The number of amides is 3. The van der Waals surface area contributed by atoms with E-state index in [0.717, 1.165) is 32.6 Å². The van der Waals surface area contributed by atoms with Crippen LogP contribution in [0.15, 0.2) is 30.3 Å². The van der Waals surface area contributed by atoms with Crippen molar-refractivity contribution in [2.75, 3.05) is 33.4 Å². The first kappa shape index (κ1) is 17.9. The average Bonchev–Trinajstić information content (AvgIpc) is 3.12. The molecule has 0 radical (unpaired) electrons. The van der Waals surface area contributed by atoms with Gasteiger partial charge in [0.25, 0.3) is 0 Å². The summed E-state index contributed by atoms with van der Waals surface area (Å²) in [6.45, 7) is 3.08. The fraction of sp³-hybridized carbons (Fsp3) is 0.579. The lowest BCUT2D eigenvalue weighted by atomic mass is 9.80. The van der Waals surface area contributed by atoms with E-state index >= 15 is 0 Å². The Kier molecular flexibility index (Phi) is 5.71. The highest BCUT2D eigenvalue weighted by atomic mass is 16.5. The Labute approximate surface area is 148 Å². The van der Waals surface area contributed by atoms with Crippen LogP contribution in [-0.2, 0) is 15.1 Å². The van der Waals surface area contributed by atoms with Crippen LogP contribution < -0.4 is 10.6 Å². The molecule has 1 unspecified atom stereocenters. The van der Waals surface area contributed by atoms with Crippen molar-refractivity contribution in [2.45, 2.75) is 31.2 Å². The molecule has 2 heterocycles. The second kappa shape index (κ2) is 7.97. The van der Waals surface area contributed by atoms with Gasteiger partial charge in [-0.05, 0) is 37.8 Å². The minimum absolute atomic E-state index is 0.225. The van der Waals surface area contributed by atoms with Crippen LogP contribution in [0, 0.1) is 5.92 Å². The van der Waals surface area contributed by atoms with E-state index in [4.69, 9.17) is 4.74 Å². The normalized spacial score (nSPS) is 28.0. The molecule has 3 amide bonds. The number of rotatable bonds is 4. The van der Waals surface area contributed by atoms with Crippen molar-refractivity contribution in [3.8, 4) is 0 Å². The molecule has 1 aromatic carbocycles. The number of hydrogen-bond acceptors (Lipinski definition) is 4. The highest BCUT2D eigenvalue weighted by molar-refractivity contribution is 5.94. The first-order valence-corrected chi connectivity index (χ1v) is 9.02. The van der Waals surface area contributed by atoms with Crippen LogP contribution in [-0.4, -0.2) is 50.2 Å². The quantitative estimate of drug-likeness (QED) is 0.874. The first-order valence-electron chi connectivity index (χ1n) is 9.02. The van der Waals surface area contributed by atoms with E-state index in [2.05, 4.69) is 34.7 Å². The molecule has 0 aromatic heterocycles. The van der Waals surface area contributed by atoms with Gasteiger partial charge < -0.3 is 10.1 Å². The zero-order valence-electron chi connectivity index (χ0n) is 14.8. The van der Waals surface area contributed by atoms with Gasteiger partial charge in [0, 0.05) is 31.7 Å². The third kappa shape index (κ3) is 4.19. The molecular formula is C19H27N3O3. The predicted octanol–water partition coefficient (Wildman–Crippen LogP) is 1.86. The van der Waals surface area contributed by atoms with Crippen LogP contribution in [0.1, 0.15) is 31.2 Å². The first-order chi connectivity index (χ1) is 12.1. The number of imide groups is 1. The summed E-state index contributed by atoms with van der Waals surface area (Å²) in [5, 5.41) is 5.20. The molecule has 6 nitrogen and oxygen atoms in total. The Morgan fingerprint density at radius 1 is 1.24 bits per heavy atom. The van der Waals surface area contributed by atoms with Crippen LogP contribution in [0.3, 0.4) is 0 Å². The molecule has 0 saturated carbocycles. The van der Waals surface area contributed by atoms with E-state index in [1.54, 1.807) is 0 Å². The van der Waals surface area contributed by atoms with Gasteiger partial charge in [-0.3, -0.25) is 15.0 Å². The number of urea groups is 1. The molecule has 6 heteroatoms. The predicted molar refractivity (Wildman–Crippen MR) is 95.1 cm³/mol. The van der Waals surface area contributed by atoms with Gasteiger partial charge in [0.2, 0.25) is 5.91 Å². The molecule has 2 atom stereocenters. The van der Waals surface area contributed by atoms with Gasteiger partial charge >= 0.3 is 6.03 Å². The van der Waals surface area contributed by atoms with Crippen molar-refractivity contribution in [3.05, 3.63) is 35.9 Å². The van der Waals surface area contributed by atoms with Crippen LogP contribution in [0.4, 0.5) is 4.79 Å². The number of nitrogens with one attached hydrogen (secondary N) is 2. The molecule has 2 saturated heterocycles. The SMILES string of the molecule is CN(CC1CCOC1)[C@]1(c2ccccc2)CCNC(=O)NC(=O)CC1. The van der Waals surface area contributed by atoms with E-state index in [1.807, 2.05) is 18.2 Å². The van der Waals surface area contributed by atoms with Gasteiger partial charge in [-0.25, -0.2) is 4.79 Å². The van der Waals surface area contributed by atoms with E-state index in [9.17, 15) is 9.59 Å². The Bertz CT molecular complexity index is 601. The van der Waals surface area contributed by atoms with Crippen molar-refractivity contribution in [3.63, 3.8) is 0 Å². The summed E-state index contributed by atoms with van der Waals surface area (Å²) in [5.74, 6) is 0.291. The molecule has 2 N–H and O–H groups in total. The number of hydrogen-bond donors (Lipinski definition) is 2. The molecule has 2 aliphatic rings. The number of ether oxygens (including phenoxy) is 1. The van der Waals surface area contributed by atoms with E-state index in [1.165, 1.54) is 5.56 Å². The summed E-state index contributed by atoms with van der Waals surface area (Å²) in [7, 11) is 2.13. The maximum absolute atomic E-state index is 12.1. The monoisotopic (exact) mass is 345 g/mol. The van der Waals surface area contributed by atoms with Crippen molar-refractivity contribution in [1.29, 1.82) is 0 Å². The average molecular weight is 345 g/mol. The zero-order valence-corrected chi connectivity index (χ0v) is 14.8. The minimum Gasteiger partial charge on any atom is -0.381 e. The molecule has 1 aromatic rings. The molecule has 0 bridgehead atoms. The second-order valence-corrected chi connectivity index (χ2v) is 7.06. The second-order valence-electron chi connectivity index (χ2n) is 7.06. The number of carbonyl (C=O) groups is 2. The molecule has 2 aliphatic heterocycles. The maximum atomic E-state index is 12.1. The highest BCUT2D eigenvalue weighted by Gasteiger charge is 2.38. The third-order valence-electron chi connectivity index (χ3n) is 5.44. The largest absolute Gasteiger partial charge is 0.381 e. The summed E-state index contributed by atoms with van der Waals surface area (Å²) in [6.07, 6.45) is 2.85. The zero-order chi connectivity index (χ0) is 17.7. The summed E-state index contributed by atoms with van der Waals surface area (Å²) in [5.41, 5.74) is 0.916. The fourth-order valence-electron chi connectivity index (χ4n) is 3.99. The maximum Gasteiger partial charge on any atom is 0.321 e. The van der Waals surface area contributed by atoms with Gasteiger partial charge in [0.1, 0.15) is 0 Å². The Morgan fingerprint density at radius 3 is 2.76 bits per heavy atom. The number of carbonyl (C=O) groups excluding carboxylic acids is 2.